The molecule has 4 unspecified atom stereocenters. The van der Waals surface area contributed by atoms with Crippen molar-refractivity contribution in [3.8, 4) is 0 Å². The van der Waals surface area contributed by atoms with Crippen LogP contribution >= 0.6 is 0 Å². The quantitative estimate of drug-likeness (QED) is 0.0817. The Hall–Kier alpha value is -1.66. The molecule has 0 aromatic carbocycles. The van der Waals surface area contributed by atoms with Crippen LogP contribution in [0.15, 0.2) is 24.3 Å². The predicted octanol–water partition coefficient (Wildman–Crippen LogP) is 6.84. The number of carbonyl (C=O) groups excluding carboxylic acids is 2. The topological polar surface area (TPSA) is 73.9 Å². The van der Waals surface area contributed by atoms with Crippen LogP contribution in [0.5, 0.6) is 0 Å². The van der Waals surface area contributed by atoms with E-state index in [-0.39, 0.29) is 30.1 Å². The summed E-state index contributed by atoms with van der Waals surface area (Å²) in [6.07, 6.45) is 21.0. The van der Waals surface area contributed by atoms with E-state index in [0.29, 0.717) is 25.2 Å². The SMILES string of the molecule is CCCCCC=CCC=CCC(CC1OC(=O)C1CCCCCC)OC(=O)C(CC(C)C)NOC. The Balaban J connectivity index is 2.69. The van der Waals surface area contributed by atoms with Gasteiger partial charge in [-0.05, 0) is 38.0 Å². The van der Waals surface area contributed by atoms with E-state index in [2.05, 4.69) is 57.5 Å². The molecule has 1 fully saturated rings. The van der Waals surface area contributed by atoms with Gasteiger partial charge < -0.3 is 14.3 Å². The van der Waals surface area contributed by atoms with Crippen molar-refractivity contribution in [1.82, 2.24) is 5.48 Å². The van der Waals surface area contributed by atoms with Crippen molar-refractivity contribution >= 4 is 11.9 Å². The van der Waals surface area contributed by atoms with Crippen LogP contribution in [0.1, 0.15) is 111 Å². The summed E-state index contributed by atoms with van der Waals surface area (Å²) in [4.78, 5) is 30.0. The van der Waals surface area contributed by atoms with Gasteiger partial charge in [0.05, 0.1) is 13.0 Å². The molecule has 0 radical (unpaired) electrons. The number of hydrogen-bond donors (Lipinski definition) is 1. The summed E-state index contributed by atoms with van der Waals surface area (Å²) >= 11 is 0. The molecule has 0 bridgehead atoms. The molecular formula is C29H51NO5. The molecule has 6 nitrogen and oxygen atoms in total. The molecule has 1 heterocycles. The Kier molecular flexibility index (Phi) is 17.5. The minimum atomic E-state index is -0.522. The first kappa shape index (κ1) is 31.4. The van der Waals surface area contributed by atoms with E-state index in [9.17, 15) is 9.59 Å². The zero-order valence-electron chi connectivity index (χ0n) is 22.9. The van der Waals surface area contributed by atoms with Gasteiger partial charge in [0.25, 0.3) is 0 Å². The number of carbonyl (C=O) groups is 2. The number of allylic oxidation sites excluding steroid dienone is 3. The molecule has 0 amide bonds. The Labute approximate surface area is 214 Å². The monoisotopic (exact) mass is 493 g/mol. The van der Waals surface area contributed by atoms with Crippen LogP contribution in [0.4, 0.5) is 0 Å². The van der Waals surface area contributed by atoms with Crippen molar-refractivity contribution < 1.29 is 23.9 Å². The normalized spacial score (nSPS) is 19.8. The van der Waals surface area contributed by atoms with Gasteiger partial charge in [0, 0.05) is 12.8 Å². The molecule has 35 heavy (non-hydrogen) atoms. The first-order valence-electron chi connectivity index (χ1n) is 13.9. The maximum Gasteiger partial charge on any atom is 0.325 e. The standard InChI is InChI=1S/C29H51NO5/c1-6-8-10-12-13-14-15-16-17-19-24(34-29(32)26(30-33-5)21-23(3)4)22-27-25(28(31)35-27)20-18-11-9-7-2/h13-14,16-17,23-27,30H,6-12,15,18-22H2,1-5H3. The molecule has 0 saturated carbocycles. The van der Waals surface area contributed by atoms with E-state index in [0.717, 1.165) is 32.1 Å². The molecule has 1 rings (SSSR count). The van der Waals surface area contributed by atoms with Crippen LogP contribution in [0.2, 0.25) is 0 Å². The molecule has 1 N–H and O–H groups in total. The van der Waals surface area contributed by atoms with Gasteiger partial charge in [-0.15, -0.1) is 0 Å². The molecule has 1 aliphatic heterocycles. The van der Waals surface area contributed by atoms with Gasteiger partial charge in [-0.1, -0.05) is 90.5 Å². The minimum absolute atomic E-state index is 0.0772. The van der Waals surface area contributed by atoms with Crippen molar-refractivity contribution in [3.05, 3.63) is 24.3 Å². The summed E-state index contributed by atoms with van der Waals surface area (Å²) in [5.74, 6) is -0.191. The lowest BCUT2D eigenvalue weighted by Crippen LogP contribution is -2.48. The highest BCUT2D eigenvalue weighted by molar-refractivity contribution is 5.78. The minimum Gasteiger partial charge on any atom is -0.461 e. The smallest absolute Gasteiger partial charge is 0.325 e. The highest BCUT2D eigenvalue weighted by Crippen LogP contribution is 2.32. The second kappa shape index (κ2) is 19.5. The summed E-state index contributed by atoms with van der Waals surface area (Å²) in [5.41, 5.74) is 2.77. The Morgan fingerprint density at radius 1 is 1.03 bits per heavy atom. The van der Waals surface area contributed by atoms with Crippen molar-refractivity contribution in [3.63, 3.8) is 0 Å². The summed E-state index contributed by atoms with van der Waals surface area (Å²) in [7, 11) is 1.51. The fourth-order valence-corrected chi connectivity index (χ4v) is 4.36. The van der Waals surface area contributed by atoms with E-state index in [4.69, 9.17) is 14.3 Å². The van der Waals surface area contributed by atoms with Gasteiger partial charge >= 0.3 is 11.9 Å². The summed E-state index contributed by atoms with van der Waals surface area (Å²) in [6.45, 7) is 8.51. The van der Waals surface area contributed by atoms with Crippen LogP contribution in [0.25, 0.3) is 0 Å². The lowest BCUT2D eigenvalue weighted by molar-refractivity contribution is -0.190. The second-order valence-electron chi connectivity index (χ2n) is 10.1. The highest BCUT2D eigenvalue weighted by atomic mass is 16.6. The number of cyclic esters (lactones) is 1. The van der Waals surface area contributed by atoms with E-state index in [1.54, 1.807) is 0 Å². The average molecular weight is 494 g/mol. The molecule has 1 saturated heterocycles. The Bertz CT molecular complexity index is 631. The molecule has 202 valence electrons. The van der Waals surface area contributed by atoms with Crippen LogP contribution in [-0.2, 0) is 23.9 Å². The first-order valence-corrected chi connectivity index (χ1v) is 13.9. The third kappa shape index (κ3) is 13.9. The molecular weight excluding hydrogens is 442 g/mol. The molecule has 4 atom stereocenters. The largest absolute Gasteiger partial charge is 0.461 e. The lowest BCUT2D eigenvalue weighted by atomic mass is 9.87. The Morgan fingerprint density at radius 2 is 1.74 bits per heavy atom. The van der Waals surface area contributed by atoms with Gasteiger partial charge in [0.2, 0.25) is 0 Å². The average Bonchev–Trinajstić information content (AvgIpc) is 2.81. The molecule has 1 aliphatic rings. The number of esters is 2. The third-order valence-corrected chi connectivity index (χ3v) is 6.40. The Morgan fingerprint density at radius 3 is 2.40 bits per heavy atom. The molecule has 0 aromatic heterocycles. The summed E-state index contributed by atoms with van der Waals surface area (Å²) in [6, 6.07) is -0.522. The van der Waals surface area contributed by atoms with Crippen molar-refractivity contribution in [1.29, 1.82) is 0 Å². The molecule has 0 spiro atoms. The number of rotatable bonds is 21. The molecule has 0 aliphatic carbocycles. The molecule has 6 heteroatoms. The summed E-state index contributed by atoms with van der Waals surface area (Å²) < 4.78 is 11.4. The second-order valence-corrected chi connectivity index (χ2v) is 10.1. The maximum absolute atomic E-state index is 12.9. The van der Waals surface area contributed by atoms with Gasteiger partial charge in [0.15, 0.2) is 0 Å². The van der Waals surface area contributed by atoms with Gasteiger partial charge in [-0.2, -0.15) is 5.48 Å². The molecule has 0 aromatic rings. The van der Waals surface area contributed by atoms with Gasteiger partial charge in [-0.3, -0.25) is 9.59 Å². The van der Waals surface area contributed by atoms with Crippen molar-refractivity contribution in [2.45, 2.75) is 129 Å². The van der Waals surface area contributed by atoms with E-state index in [1.165, 1.54) is 39.2 Å². The predicted molar refractivity (Wildman–Crippen MR) is 142 cm³/mol. The third-order valence-electron chi connectivity index (χ3n) is 6.40. The fraction of sp³-hybridized carbons (Fsp3) is 0.793. The maximum atomic E-state index is 12.9. The van der Waals surface area contributed by atoms with Crippen molar-refractivity contribution in [2.24, 2.45) is 11.8 Å². The highest BCUT2D eigenvalue weighted by Gasteiger charge is 2.43. The zero-order valence-corrected chi connectivity index (χ0v) is 22.9. The fourth-order valence-electron chi connectivity index (χ4n) is 4.36. The van der Waals surface area contributed by atoms with Crippen LogP contribution in [0.3, 0.4) is 0 Å². The van der Waals surface area contributed by atoms with E-state index >= 15 is 0 Å². The number of hydroxylamine groups is 1. The van der Waals surface area contributed by atoms with Crippen LogP contribution in [-0.4, -0.2) is 37.3 Å². The van der Waals surface area contributed by atoms with E-state index in [1.807, 2.05) is 0 Å². The van der Waals surface area contributed by atoms with Gasteiger partial charge in [0.1, 0.15) is 18.2 Å². The van der Waals surface area contributed by atoms with E-state index < -0.39 is 6.04 Å². The number of ether oxygens (including phenoxy) is 2. The van der Waals surface area contributed by atoms with Crippen LogP contribution in [0, 0.1) is 11.8 Å². The first-order chi connectivity index (χ1) is 16.9. The van der Waals surface area contributed by atoms with Gasteiger partial charge in [-0.25, -0.2) is 0 Å². The zero-order chi connectivity index (χ0) is 25.9. The number of unbranched alkanes of at least 4 members (excludes halogenated alkanes) is 6. The van der Waals surface area contributed by atoms with Crippen molar-refractivity contribution in [2.75, 3.05) is 7.11 Å². The summed E-state index contributed by atoms with van der Waals surface area (Å²) in [5, 5.41) is 0. The van der Waals surface area contributed by atoms with Crippen LogP contribution < -0.4 is 5.48 Å². The number of hydrogen-bond acceptors (Lipinski definition) is 6. The number of nitrogens with one attached hydrogen (secondary N) is 1. The lowest BCUT2D eigenvalue weighted by Gasteiger charge is -2.37.